The number of imidazole rings is 1. The zero-order valence-electron chi connectivity index (χ0n) is 15.3. The van der Waals surface area contributed by atoms with Crippen molar-refractivity contribution in [3.8, 4) is 0 Å². The number of primary amides is 1. The molecule has 150 valence electrons. The van der Waals surface area contributed by atoms with Gasteiger partial charge in [0.2, 0.25) is 17.7 Å². The van der Waals surface area contributed by atoms with Crippen molar-refractivity contribution in [1.82, 2.24) is 20.6 Å². The summed E-state index contributed by atoms with van der Waals surface area (Å²) in [6.45, 7) is 3.52. The van der Waals surface area contributed by atoms with E-state index in [1.807, 2.05) is 0 Å². The topological polar surface area (TPSA) is 193 Å². The molecule has 0 bridgehead atoms. The van der Waals surface area contributed by atoms with Crippen LogP contribution in [0.15, 0.2) is 12.5 Å². The first-order valence-corrected chi connectivity index (χ1v) is 8.46. The number of nitrogens with one attached hydrogen (secondary N) is 3. The number of hydrogen-bond donors (Lipinski definition) is 6. The van der Waals surface area contributed by atoms with E-state index in [4.69, 9.17) is 11.5 Å². The van der Waals surface area contributed by atoms with Gasteiger partial charge in [0.25, 0.3) is 0 Å². The molecule has 1 heterocycles. The van der Waals surface area contributed by atoms with Crippen LogP contribution in [-0.2, 0) is 25.6 Å². The number of aromatic nitrogens is 2. The van der Waals surface area contributed by atoms with Crippen LogP contribution >= 0.6 is 0 Å². The average Bonchev–Trinajstić information content (AvgIpc) is 3.09. The summed E-state index contributed by atoms with van der Waals surface area (Å²) >= 11 is 0. The van der Waals surface area contributed by atoms with Crippen LogP contribution in [0.3, 0.4) is 0 Å². The molecule has 1 aromatic heterocycles. The first-order chi connectivity index (χ1) is 12.6. The number of carbonyl (C=O) groups is 4. The lowest BCUT2D eigenvalue weighted by atomic mass is 10.0. The third-order valence-electron chi connectivity index (χ3n) is 3.93. The second-order valence-electron chi connectivity index (χ2n) is 6.52. The molecule has 0 aliphatic rings. The summed E-state index contributed by atoms with van der Waals surface area (Å²) in [5, 5.41) is 14.1. The Labute approximate surface area is 156 Å². The maximum absolute atomic E-state index is 12.6. The fourth-order valence-corrected chi connectivity index (χ4v) is 2.21. The van der Waals surface area contributed by atoms with Crippen LogP contribution in [0.2, 0.25) is 0 Å². The Morgan fingerprint density at radius 2 is 1.81 bits per heavy atom. The number of carboxylic acid groups (broad SMARTS) is 1. The number of nitrogens with two attached hydrogens (primary N) is 2. The van der Waals surface area contributed by atoms with Crippen molar-refractivity contribution in [3.05, 3.63) is 18.2 Å². The van der Waals surface area contributed by atoms with Crippen molar-refractivity contribution in [2.45, 2.75) is 51.2 Å². The molecule has 3 atom stereocenters. The van der Waals surface area contributed by atoms with Crippen LogP contribution in [0.5, 0.6) is 0 Å². The lowest BCUT2D eigenvalue weighted by molar-refractivity contribution is -0.142. The van der Waals surface area contributed by atoms with Gasteiger partial charge in [-0.15, -0.1) is 0 Å². The molecular weight excluding hydrogens is 356 g/mol. The van der Waals surface area contributed by atoms with Gasteiger partial charge in [-0.25, -0.2) is 9.78 Å². The fraction of sp³-hybridized carbons (Fsp3) is 0.562. The van der Waals surface area contributed by atoms with Gasteiger partial charge in [0.15, 0.2) is 0 Å². The second kappa shape index (κ2) is 10.3. The Morgan fingerprint density at radius 1 is 1.19 bits per heavy atom. The molecule has 0 spiro atoms. The summed E-state index contributed by atoms with van der Waals surface area (Å²) < 4.78 is 0. The standard InChI is InChI=1S/C16H26N6O5/c1-8(2)13(18)15(25)22-11(5-9-6-19-7-20-9)14(24)21-10(16(26)27)3-4-12(17)23/h6-8,10-11,13H,3-5,18H2,1-2H3,(H2,17,23)(H,19,20)(H,21,24)(H,22,25)(H,26,27). The van der Waals surface area contributed by atoms with Crippen LogP contribution in [0, 0.1) is 5.92 Å². The van der Waals surface area contributed by atoms with Crippen LogP contribution in [-0.4, -0.2) is 56.9 Å². The molecule has 0 saturated heterocycles. The predicted molar refractivity (Wildman–Crippen MR) is 95.0 cm³/mol. The van der Waals surface area contributed by atoms with Crippen molar-refractivity contribution in [1.29, 1.82) is 0 Å². The largest absolute Gasteiger partial charge is 0.480 e. The van der Waals surface area contributed by atoms with E-state index in [1.54, 1.807) is 13.8 Å². The first kappa shape index (κ1) is 22.1. The summed E-state index contributed by atoms with van der Waals surface area (Å²) in [7, 11) is 0. The van der Waals surface area contributed by atoms with Gasteiger partial charge in [0.05, 0.1) is 12.4 Å². The smallest absolute Gasteiger partial charge is 0.326 e. The Bertz CT molecular complexity index is 660. The molecular formula is C16H26N6O5. The lowest BCUT2D eigenvalue weighted by Gasteiger charge is -2.23. The van der Waals surface area contributed by atoms with E-state index in [2.05, 4.69) is 20.6 Å². The van der Waals surface area contributed by atoms with Crippen molar-refractivity contribution in [2.75, 3.05) is 0 Å². The van der Waals surface area contributed by atoms with E-state index in [0.717, 1.165) is 0 Å². The van der Waals surface area contributed by atoms with Crippen molar-refractivity contribution in [2.24, 2.45) is 17.4 Å². The molecule has 0 aliphatic carbocycles. The molecule has 0 saturated carbocycles. The van der Waals surface area contributed by atoms with E-state index in [-0.39, 0.29) is 25.2 Å². The van der Waals surface area contributed by atoms with Gasteiger partial charge >= 0.3 is 5.97 Å². The van der Waals surface area contributed by atoms with Crippen molar-refractivity contribution >= 4 is 23.7 Å². The average molecular weight is 382 g/mol. The van der Waals surface area contributed by atoms with Crippen LogP contribution in [0.25, 0.3) is 0 Å². The zero-order valence-corrected chi connectivity index (χ0v) is 15.3. The van der Waals surface area contributed by atoms with Crippen LogP contribution < -0.4 is 22.1 Å². The Kier molecular flexibility index (Phi) is 8.39. The first-order valence-electron chi connectivity index (χ1n) is 8.46. The second-order valence-corrected chi connectivity index (χ2v) is 6.52. The van der Waals surface area contributed by atoms with Crippen molar-refractivity contribution < 1.29 is 24.3 Å². The zero-order chi connectivity index (χ0) is 20.6. The molecule has 11 nitrogen and oxygen atoms in total. The number of hydrogen-bond acceptors (Lipinski definition) is 6. The van der Waals surface area contributed by atoms with Gasteiger partial charge in [0.1, 0.15) is 12.1 Å². The minimum Gasteiger partial charge on any atom is -0.480 e. The highest BCUT2D eigenvalue weighted by atomic mass is 16.4. The molecule has 3 amide bonds. The highest BCUT2D eigenvalue weighted by molar-refractivity contribution is 5.92. The Morgan fingerprint density at radius 3 is 2.30 bits per heavy atom. The van der Waals surface area contributed by atoms with E-state index in [1.165, 1.54) is 12.5 Å². The van der Waals surface area contributed by atoms with E-state index in [9.17, 15) is 24.3 Å². The summed E-state index contributed by atoms with van der Waals surface area (Å²) in [6.07, 6.45) is 2.60. The molecule has 27 heavy (non-hydrogen) atoms. The van der Waals surface area contributed by atoms with Gasteiger partial charge < -0.3 is 32.2 Å². The van der Waals surface area contributed by atoms with Crippen molar-refractivity contribution in [3.63, 3.8) is 0 Å². The predicted octanol–water partition coefficient (Wildman–Crippen LogP) is -1.74. The van der Waals surface area contributed by atoms with Crippen LogP contribution in [0.1, 0.15) is 32.4 Å². The summed E-state index contributed by atoms with van der Waals surface area (Å²) in [5.41, 5.74) is 11.4. The van der Waals surface area contributed by atoms with Crippen LogP contribution in [0.4, 0.5) is 0 Å². The lowest BCUT2D eigenvalue weighted by Crippen LogP contribution is -2.56. The minimum atomic E-state index is -1.31. The molecule has 3 unspecified atom stereocenters. The van der Waals surface area contributed by atoms with E-state index >= 15 is 0 Å². The number of amides is 3. The maximum atomic E-state index is 12.6. The number of carboxylic acids is 1. The molecule has 1 rings (SSSR count). The monoisotopic (exact) mass is 382 g/mol. The molecule has 0 fully saturated rings. The molecule has 8 N–H and O–H groups in total. The third-order valence-corrected chi connectivity index (χ3v) is 3.93. The fourth-order valence-electron chi connectivity index (χ4n) is 2.21. The third kappa shape index (κ3) is 7.44. The number of aliphatic carboxylic acids is 1. The quantitative estimate of drug-likeness (QED) is 0.261. The molecule has 0 radical (unpaired) electrons. The number of nitrogens with zero attached hydrogens (tertiary/aromatic N) is 1. The van der Waals surface area contributed by atoms with Gasteiger partial charge in [0, 0.05) is 24.7 Å². The Hall–Kier alpha value is -2.95. The number of H-pyrrole nitrogens is 1. The molecule has 0 aliphatic heterocycles. The SMILES string of the molecule is CC(C)C(N)C(=O)NC(Cc1cnc[nH]1)C(=O)NC(CCC(N)=O)C(=O)O. The highest BCUT2D eigenvalue weighted by Gasteiger charge is 2.29. The Balaban J connectivity index is 2.88. The molecule has 0 aromatic carbocycles. The number of carbonyl (C=O) groups excluding carboxylic acids is 3. The van der Waals surface area contributed by atoms with E-state index in [0.29, 0.717) is 5.69 Å². The van der Waals surface area contributed by atoms with Gasteiger partial charge in [-0.3, -0.25) is 14.4 Å². The highest BCUT2D eigenvalue weighted by Crippen LogP contribution is 2.05. The molecule has 11 heteroatoms. The number of rotatable bonds is 11. The van der Waals surface area contributed by atoms with Gasteiger partial charge in [-0.05, 0) is 12.3 Å². The molecule has 1 aromatic rings. The normalized spacial score (nSPS) is 14.2. The summed E-state index contributed by atoms with van der Waals surface area (Å²) in [6, 6.07) is -3.21. The summed E-state index contributed by atoms with van der Waals surface area (Å²) in [4.78, 5) is 53.7. The minimum absolute atomic E-state index is 0.0601. The summed E-state index contributed by atoms with van der Waals surface area (Å²) in [5.74, 6) is -3.39. The van der Waals surface area contributed by atoms with Gasteiger partial charge in [-0.1, -0.05) is 13.8 Å². The number of aromatic amines is 1. The maximum Gasteiger partial charge on any atom is 0.326 e. The van der Waals surface area contributed by atoms with Gasteiger partial charge in [-0.2, -0.15) is 0 Å². The van der Waals surface area contributed by atoms with E-state index < -0.39 is 41.8 Å².